The van der Waals surface area contributed by atoms with Crippen molar-refractivity contribution in [3.8, 4) is 0 Å². The van der Waals surface area contributed by atoms with Crippen LogP contribution in [0.5, 0.6) is 0 Å². The number of carbonyl (C=O) groups excluding carboxylic acids is 2. The summed E-state index contributed by atoms with van der Waals surface area (Å²) in [6, 6.07) is 6.78. The molecule has 0 aliphatic carbocycles. The molecule has 1 aliphatic rings. The Kier molecular flexibility index (Phi) is 4.80. The molecule has 21 heavy (non-hydrogen) atoms. The van der Waals surface area contributed by atoms with E-state index in [2.05, 4.69) is 0 Å². The SMILES string of the molecule is CN(C(=O)CN1CCCCC1C(N)=O)c1ccc(N)cc1. The average molecular weight is 290 g/mol. The van der Waals surface area contributed by atoms with Gasteiger partial charge < -0.3 is 16.4 Å². The van der Waals surface area contributed by atoms with E-state index in [1.54, 1.807) is 36.2 Å². The molecule has 1 aromatic rings. The molecule has 1 atom stereocenters. The molecule has 4 N–H and O–H groups in total. The Bertz CT molecular complexity index is 515. The number of nitrogen functional groups attached to an aromatic ring is 1. The summed E-state index contributed by atoms with van der Waals surface area (Å²) in [5.41, 5.74) is 12.5. The molecule has 1 unspecified atom stereocenters. The van der Waals surface area contributed by atoms with Crippen LogP contribution in [-0.4, -0.2) is 42.9 Å². The van der Waals surface area contributed by atoms with Gasteiger partial charge in [-0.25, -0.2) is 0 Å². The molecular formula is C15H22N4O2. The first kappa shape index (κ1) is 15.3. The van der Waals surface area contributed by atoms with Crippen LogP contribution in [0.1, 0.15) is 19.3 Å². The molecule has 0 bridgehead atoms. The third-order valence-corrected chi connectivity index (χ3v) is 3.93. The molecule has 1 fully saturated rings. The van der Waals surface area contributed by atoms with Crippen molar-refractivity contribution < 1.29 is 9.59 Å². The Hall–Kier alpha value is -2.08. The second-order valence-corrected chi connectivity index (χ2v) is 5.43. The fraction of sp³-hybridized carbons (Fsp3) is 0.467. The monoisotopic (exact) mass is 290 g/mol. The van der Waals surface area contributed by atoms with Crippen molar-refractivity contribution in [2.75, 3.05) is 30.8 Å². The molecular weight excluding hydrogens is 268 g/mol. The Morgan fingerprint density at radius 1 is 1.29 bits per heavy atom. The van der Waals surface area contributed by atoms with Gasteiger partial charge in [-0.05, 0) is 43.7 Å². The number of nitrogens with zero attached hydrogens (tertiary/aromatic N) is 2. The summed E-state index contributed by atoms with van der Waals surface area (Å²) in [6.45, 7) is 0.934. The van der Waals surface area contributed by atoms with Crippen LogP contribution in [0.25, 0.3) is 0 Å². The minimum atomic E-state index is -0.349. The maximum absolute atomic E-state index is 12.4. The molecule has 2 rings (SSSR count). The van der Waals surface area contributed by atoms with Crippen molar-refractivity contribution in [3.05, 3.63) is 24.3 Å². The van der Waals surface area contributed by atoms with E-state index in [-0.39, 0.29) is 24.4 Å². The quantitative estimate of drug-likeness (QED) is 0.793. The summed E-state index contributed by atoms with van der Waals surface area (Å²) in [4.78, 5) is 27.3. The number of piperidine rings is 1. The third kappa shape index (κ3) is 3.72. The Morgan fingerprint density at radius 2 is 1.95 bits per heavy atom. The number of likely N-dealkylation sites (tertiary alicyclic amines) is 1. The van der Waals surface area contributed by atoms with Gasteiger partial charge in [0.15, 0.2) is 0 Å². The number of hydrogen-bond donors (Lipinski definition) is 2. The predicted molar refractivity (Wildman–Crippen MR) is 82.7 cm³/mol. The molecule has 1 saturated heterocycles. The maximum Gasteiger partial charge on any atom is 0.240 e. The summed E-state index contributed by atoms with van der Waals surface area (Å²) >= 11 is 0. The van der Waals surface area contributed by atoms with Crippen LogP contribution in [0.3, 0.4) is 0 Å². The molecule has 0 aromatic heterocycles. The van der Waals surface area contributed by atoms with Crippen LogP contribution in [0.15, 0.2) is 24.3 Å². The molecule has 2 amide bonds. The molecule has 0 radical (unpaired) electrons. The van der Waals surface area contributed by atoms with E-state index in [4.69, 9.17) is 11.5 Å². The summed E-state index contributed by atoms with van der Waals surface area (Å²) < 4.78 is 0. The van der Waals surface area contributed by atoms with E-state index in [9.17, 15) is 9.59 Å². The highest BCUT2D eigenvalue weighted by atomic mass is 16.2. The Morgan fingerprint density at radius 3 is 2.57 bits per heavy atom. The zero-order chi connectivity index (χ0) is 15.4. The molecule has 6 heteroatoms. The van der Waals surface area contributed by atoms with Gasteiger partial charge >= 0.3 is 0 Å². The van der Waals surface area contributed by atoms with Gasteiger partial charge in [0.1, 0.15) is 0 Å². The van der Waals surface area contributed by atoms with Crippen LogP contribution in [-0.2, 0) is 9.59 Å². The number of benzene rings is 1. The van der Waals surface area contributed by atoms with Crippen molar-refractivity contribution >= 4 is 23.2 Å². The lowest BCUT2D eigenvalue weighted by atomic mass is 10.0. The zero-order valence-electron chi connectivity index (χ0n) is 12.3. The maximum atomic E-state index is 12.4. The highest BCUT2D eigenvalue weighted by molar-refractivity contribution is 5.94. The number of rotatable bonds is 4. The van der Waals surface area contributed by atoms with Crippen molar-refractivity contribution in [3.63, 3.8) is 0 Å². The average Bonchev–Trinajstić information content (AvgIpc) is 2.47. The van der Waals surface area contributed by atoms with Crippen molar-refractivity contribution in [1.29, 1.82) is 0 Å². The number of anilines is 2. The minimum absolute atomic E-state index is 0.0621. The molecule has 114 valence electrons. The Labute approximate surface area is 124 Å². The number of hydrogen-bond acceptors (Lipinski definition) is 4. The predicted octanol–water partition coefficient (Wildman–Crippen LogP) is 0.571. The largest absolute Gasteiger partial charge is 0.399 e. The lowest BCUT2D eigenvalue weighted by Gasteiger charge is -2.34. The molecule has 1 heterocycles. The topological polar surface area (TPSA) is 92.7 Å². The van der Waals surface area contributed by atoms with Gasteiger partial charge in [0.2, 0.25) is 11.8 Å². The number of carbonyl (C=O) groups is 2. The molecule has 1 aromatic carbocycles. The van der Waals surface area contributed by atoms with Gasteiger partial charge in [0.05, 0.1) is 12.6 Å². The standard InChI is InChI=1S/C15H22N4O2/c1-18(12-7-5-11(16)6-8-12)14(20)10-19-9-3-2-4-13(19)15(17)21/h5-8,13H,2-4,9-10,16H2,1H3,(H2,17,21). The molecule has 1 aliphatic heterocycles. The van der Waals surface area contributed by atoms with Crippen molar-refractivity contribution in [2.45, 2.75) is 25.3 Å². The molecule has 6 nitrogen and oxygen atoms in total. The van der Waals surface area contributed by atoms with Gasteiger partial charge in [-0.15, -0.1) is 0 Å². The number of amides is 2. The second kappa shape index (κ2) is 6.58. The summed E-state index contributed by atoms with van der Waals surface area (Å²) in [6.07, 6.45) is 2.70. The fourth-order valence-corrected chi connectivity index (χ4v) is 2.62. The minimum Gasteiger partial charge on any atom is -0.399 e. The highest BCUT2D eigenvalue weighted by Crippen LogP contribution is 2.19. The lowest BCUT2D eigenvalue weighted by Crippen LogP contribution is -2.51. The fourth-order valence-electron chi connectivity index (χ4n) is 2.62. The summed E-state index contributed by atoms with van der Waals surface area (Å²) in [7, 11) is 1.72. The van der Waals surface area contributed by atoms with Gasteiger partial charge in [-0.1, -0.05) is 6.42 Å². The van der Waals surface area contributed by atoms with Crippen molar-refractivity contribution in [1.82, 2.24) is 4.90 Å². The first-order valence-electron chi connectivity index (χ1n) is 7.14. The van der Waals surface area contributed by atoms with E-state index >= 15 is 0 Å². The second-order valence-electron chi connectivity index (χ2n) is 5.43. The first-order valence-corrected chi connectivity index (χ1v) is 7.14. The van der Waals surface area contributed by atoms with Crippen LogP contribution in [0, 0.1) is 0 Å². The summed E-state index contributed by atoms with van der Waals surface area (Å²) in [5.74, 6) is -0.412. The van der Waals surface area contributed by atoms with Gasteiger partial charge in [-0.3, -0.25) is 14.5 Å². The molecule has 0 saturated carbocycles. The van der Waals surface area contributed by atoms with E-state index in [1.807, 2.05) is 4.90 Å². The van der Waals surface area contributed by atoms with E-state index in [0.717, 1.165) is 31.5 Å². The van der Waals surface area contributed by atoms with Gasteiger partial charge in [0.25, 0.3) is 0 Å². The van der Waals surface area contributed by atoms with Crippen molar-refractivity contribution in [2.24, 2.45) is 5.73 Å². The normalized spacial score (nSPS) is 19.2. The van der Waals surface area contributed by atoms with Crippen LogP contribution >= 0.6 is 0 Å². The van der Waals surface area contributed by atoms with Gasteiger partial charge in [-0.2, -0.15) is 0 Å². The first-order chi connectivity index (χ1) is 9.99. The third-order valence-electron chi connectivity index (χ3n) is 3.93. The highest BCUT2D eigenvalue weighted by Gasteiger charge is 2.29. The van der Waals surface area contributed by atoms with E-state index in [0.29, 0.717) is 5.69 Å². The van der Waals surface area contributed by atoms with Crippen LogP contribution in [0.2, 0.25) is 0 Å². The number of primary amides is 1. The van der Waals surface area contributed by atoms with Crippen LogP contribution < -0.4 is 16.4 Å². The smallest absolute Gasteiger partial charge is 0.240 e. The number of nitrogens with two attached hydrogens (primary N) is 2. The zero-order valence-corrected chi connectivity index (χ0v) is 12.3. The summed E-state index contributed by atoms with van der Waals surface area (Å²) in [5, 5.41) is 0. The number of likely N-dealkylation sites (N-methyl/N-ethyl adjacent to an activating group) is 1. The molecule has 0 spiro atoms. The van der Waals surface area contributed by atoms with E-state index < -0.39 is 0 Å². The van der Waals surface area contributed by atoms with Gasteiger partial charge in [0, 0.05) is 18.4 Å². The lowest BCUT2D eigenvalue weighted by molar-refractivity contribution is -0.127. The van der Waals surface area contributed by atoms with Crippen LogP contribution in [0.4, 0.5) is 11.4 Å². The van der Waals surface area contributed by atoms with E-state index in [1.165, 1.54) is 0 Å². The Balaban J connectivity index is 2.02.